The van der Waals surface area contributed by atoms with Gasteiger partial charge in [-0.25, -0.2) is 0 Å². The first-order chi connectivity index (χ1) is 6.70. The molecule has 1 atom stereocenters. The van der Waals surface area contributed by atoms with E-state index in [9.17, 15) is 5.11 Å². The number of phenolic OH excluding ortho intramolecular Hbond substituents is 1. The number of aromatic amines is 1. The highest BCUT2D eigenvalue weighted by molar-refractivity contribution is 5.81. The largest absolute Gasteiger partial charge is 0.508 e. The molecule has 1 aromatic heterocycles. The van der Waals surface area contributed by atoms with Crippen LogP contribution in [0.15, 0.2) is 24.3 Å². The molecule has 0 saturated heterocycles. The maximum absolute atomic E-state index is 9.23. The highest BCUT2D eigenvalue weighted by Crippen LogP contribution is 2.22. The summed E-state index contributed by atoms with van der Waals surface area (Å²) >= 11 is 0. The maximum atomic E-state index is 9.23. The lowest BCUT2D eigenvalue weighted by Gasteiger charge is -2.03. The lowest BCUT2D eigenvalue weighted by Crippen LogP contribution is -2.14. The molecule has 0 aliphatic rings. The second-order valence-electron chi connectivity index (χ2n) is 3.29. The molecule has 1 heterocycles. The van der Waals surface area contributed by atoms with Crippen LogP contribution in [0.25, 0.3) is 10.9 Å². The predicted octanol–water partition coefficient (Wildman–Crippen LogP) is 0.866. The Morgan fingerprint density at radius 3 is 2.86 bits per heavy atom. The van der Waals surface area contributed by atoms with Crippen molar-refractivity contribution in [2.45, 2.75) is 6.04 Å². The van der Waals surface area contributed by atoms with Crippen LogP contribution in [-0.4, -0.2) is 21.8 Å². The molecule has 0 fully saturated rings. The lowest BCUT2D eigenvalue weighted by molar-refractivity contribution is 0.266. The number of aromatic hydroxyl groups is 1. The van der Waals surface area contributed by atoms with Gasteiger partial charge >= 0.3 is 0 Å². The molecule has 14 heavy (non-hydrogen) atoms. The van der Waals surface area contributed by atoms with E-state index in [0.717, 1.165) is 16.6 Å². The Bertz CT molecular complexity index is 450. The second-order valence-corrected chi connectivity index (χ2v) is 3.29. The molecule has 4 nitrogen and oxygen atoms in total. The highest BCUT2D eigenvalue weighted by atomic mass is 16.3. The Balaban J connectivity index is 2.51. The summed E-state index contributed by atoms with van der Waals surface area (Å²) in [4.78, 5) is 3.04. The van der Waals surface area contributed by atoms with Gasteiger partial charge in [0.1, 0.15) is 5.75 Å². The minimum atomic E-state index is -0.399. The van der Waals surface area contributed by atoms with E-state index >= 15 is 0 Å². The first-order valence-electron chi connectivity index (χ1n) is 4.39. The van der Waals surface area contributed by atoms with Gasteiger partial charge in [-0.2, -0.15) is 0 Å². The topological polar surface area (TPSA) is 82.3 Å². The quantitative estimate of drug-likeness (QED) is 0.569. The average Bonchev–Trinajstić information content (AvgIpc) is 2.59. The summed E-state index contributed by atoms with van der Waals surface area (Å²) in [5, 5.41) is 19.1. The van der Waals surface area contributed by atoms with E-state index in [4.69, 9.17) is 10.8 Å². The second kappa shape index (κ2) is 3.32. The molecule has 0 amide bonds. The molecule has 5 N–H and O–H groups in total. The van der Waals surface area contributed by atoms with Crippen LogP contribution in [0.5, 0.6) is 5.75 Å². The van der Waals surface area contributed by atoms with Crippen molar-refractivity contribution in [1.29, 1.82) is 0 Å². The van der Waals surface area contributed by atoms with Gasteiger partial charge in [0.25, 0.3) is 0 Å². The molecular weight excluding hydrogens is 180 g/mol. The molecule has 1 aromatic carbocycles. The lowest BCUT2D eigenvalue weighted by atomic mass is 10.2. The number of benzene rings is 1. The molecule has 0 saturated carbocycles. The highest BCUT2D eigenvalue weighted by Gasteiger charge is 2.07. The van der Waals surface area contributed by atoms with Gasteiger partial charge in [0, 0.05) is 17.3 Å². The van der Waals surface area contributed by atoms with Crippen LogP contribution in [0.3, 0.4) is 0 Å². The Morgan fingerprint density at radius 1 is 1.36 bits per heavy atom. The fourth-order valence-corrected chi connectivity index (χ4v) is 1.44. The number of rotatable bonds is 2. The SMILES string of the molecule is NC(CO)c1cc2ccc(O)cc2[nH]1. The van der Waals surface area contributed by atoms with Crippen molar-refractivity contribution in [3.63, 3.8) is 0 Å². The van der Waals surface area contributed by atoms with Crippen molar-refractivity contribution in [1.82, 2.24) is 4.98 Å². The third-order valence-corrected chi connectivity index (χ3v) is 2.22. The Hall–Kier alpha value is -1.52. The number of aliphatic hydroxyl groups is 1. The summed E-state index contributed by atoms with van der Waals surface area (Å²) in [7, 11) is 0. The number of aliphatic hydroxyl groups excluding tert-OH is 1. The number of fused-ring (bicyclic) bond motifs is 1. The smallest absolute Gasteiger partial charge is 0.117 e. The van der Waals surface area contributed by atoms with Gasteiger partial charge in [-0.15, -0.1) is 0 Å². The van der Waals surface area contributed by atoms with E-state index in [0.29, 0.717) is 0 Å². The number of hydrogen-bond donors (Lipinski definition) is 4. The number of phenols is 1. The van der Waals surface area contributed by atoms with E-state index in [2.05, 4.69) is 4.98 Å². The summed E-state index contributed by atoms with van der Waals surface area (Å²) in [6.07, 6.45) is 0. The molecule has 74 valence electrons. The van der Waals surface area contributed by atoms with Gasteiger partial charge in [0.05, 0.1) is 12.6 Å². The van der Waals surface area contributed by atoms with E-state index in [1.54, 1.807) is 18.2 Å². The Labute approximate surface area is 81.0 Å². The summed E-state index contributed by atoms with van der Waals surface area (Å²) in [5.41, 5.74) is 7.25. The van der Waals surface area contributed by atoms with Crippen LogP contribution >= 0.6 is 0 Å². The summed E-state index contributed by atoms with van der Waals surface area (Å²) in [5.74, 6) is 0.212. The fourth-order valence-electron chi connectivity index (χ4n) is 1.44. The van der Waals surface area contributed by atoms with E-state index in [-0.39, 0.29) is 12.4 Å². The van der Waals surface area contributed by atoms with Gasteiger partial charge < -0.3 is 20.9 Å². The molecule has 2 aromatic rings. The van der Waals surface area contributed by atoms with Gasteiger partial charge in [-0.1, -0.05) is 0 Å². The number of hydrogen-bond acceptors (Lipinski definition) is 3. The number of H-pyrrole nitrogens is 1. The standard InChI is InChI=1S/C10H12N2O2/c11-8(5-13)10-3-6-1-2-7(14)4-9(6)12-10/h1-4,8,12-14H,5,11H2. The number of nitrogens with two attached hydrogens (primary N) is 1. The number of aromatic nitrogens is 1. The van der Waals surface area contributed by atoms with Gasteiger partial charge in [-0.3, -0.25) is 0 Å². The molecule has 4 heteroatoms. The van der Waals surface area contributed by atoms with Crippen molar-refractivity contribution in [3.8, 4) is 5.75 Å². The maximum Gasteiger partial charge on any atom is 0.117 e. The van der Waals surface area contributed by atoms with E-state index in [1.165, 1.54) is 0 Å². The van der Waals surface area contributed by atoms with E-state index in [1.807, 2.05) is 6.07 Å². The molecule has 0 bridgehead atoms. The predicted molar refractivity (Wildman–Crippen MR) is 54.0 cm³/mol. The Morgan fingerprint density at radius 2 is 2.14 bits per heavy atom. The van der Waals surface area contributed by atoms with Crippen LogP contribution in [0.4, 0.5) is 0 Å². The monoisotopic (exact) mass is 192 g/mol. The summed E-state index contributed by atoms with van der Waals surface area (Å²) < 4.78 is 0. The molecule has 0 spiro atoms. The van der Waals surface area contributed by atoms with Gasteiger partial charge in [0.2, 0.25) is 0 Å². The van der Waals surface area contributed by atoms with Gasteiger partial charge in [-0.05, 0) is 23.6 Å². The summed E-state index contributed by atoms with van der Waals surface area (Å²) in [6, 6.07) is 6.52. The van der Waals surface area contributed by atoms with Crippen molar-refractivity contribution in [2.75, 3.05) is 6.61 Å². The zero-order valence-electron chi connectivity index (χ0n) is 7.57. The van der Waals surface area contributed by atoms with Crippen LogP contribution in [-0.2, 0) is 0 Å². The van der Waals surface area contributed by atoms with E-state index < -0.39 is 6.04 Å². The van der Waals surface area contributed by atoms with Crippen molar-refractivity contribution >= 4 is 10.9 Å². The van der Waals surface area contributed by atoms with Crippen LogP contribution in [0.2, 0.25) is 0 Å². The first kappa shape index (κ1) is 9.05. The van der Waals surface area contributed by atoms with Crippen molar-refractivity contribution in [3.05, 3.63) is 30.0 Å². The fraction of sp³-hybridized carbons (Fsp3) is 0.200. The zero-order valence-corrected chi connectivity index (χ0v) is 7.57. The molecule has 0 radical (unpaired) electrons. The van der Waals surface area contributed by atoms with Gasteiger partial charge in [0.15, 0.2) is 0 Å². The van der Waals surface area contributed by atoms with Crippen LogP contribution in [0, 0.1) is 0 Å². The Kier molecular flexibility index (Phi) is 2.15. The van der Waals surface area contributed by atoms with Crippen LogP contribution in [0.1, 0.15) is 11.7 Å². The average molecular weight is 192 g/mol. The minimum Gasteiger partial charge on any atom is -0.508 e. The third-order valence-electron chi connectivity index (χ3n) is 2.22. The molecule has 0 aliphatic carbocycles. The minimum absolute atomic E-state index is 0.0984. The van der Waals surface area contributed by atoms with Crippen molar-refractivity contribution < 1.29 is 10.2 Å². The zero-order chi connectivity index (χ0) is 10.1. The molecule has 0 aliphatic heterocycles. The molecule has 1 unspecified atom stereocenters. The molecular formula is C10H12N2O2. The molecule has 2 rings (SSSR count). The first-order valence-corrected chi connectivity index (χ1v) is 4.39. The normalized spacial score (nSPS) is 13.3. The van der Waals surface area contributed by atoms with Crippen LogP contribution < -0.4 is 5.73 Å². The number of nitrogens with one attached hydrogen (secondary N) is 1. The van der Waals surface area contributed by atoms with Crippen molar-refractivity contribution in [2.24, 2.45) is 5.73 Å². The summed E-state index contributed by atoms with van der Waals surface area (Å²) in [6.45, 7) is -0.0984. The third kappa shape index (κ3) is 1.45.